The first kappa shape index (κ1) is 23.1. The average Bonchev–Trinajstić information content (AvgIpc) is 3.17. The van der Waals surface area contributed by atoms with Gasteiger partial charge in [0.15, 0.2) is 16.4 Å². The van der Waals surface area contributed by atoms with Crippen LogP contribution in [0.3, 0.4) is 0 Å². The summed E-state index contributed by atoms with van der Waals surface area (Å²) in [5, 5.41) is 13.6. The highest BCUT2D eigenvalue weighted by atomic mass is 32.2. The van der Waals surface area contributed by atoms with E-state index in [0.717, 1.165) is 30.8 Å². The molecule has 3 aromatic rings. The van der Waals surface area contributed by atoms with Crippen molar-refractivity contribution in [3.63, 3.8) is 0 Å². The Balaban J connectivity index is 1.60. The highest BCUT2D eigenvalue weighted by molar-refractivity contribution is 7.91. The molecule has 1 unspecified atom stereocenters. The summed E-state index contributed by atoms with van der Waals surface area (Å²) in [5.41, 5.74) is 1.21. The van der Waals surface area contributed by atoms with Crippen LogP contribution in [-0.2, 0) is 17.7 Å². The van der Waals surface area contributed by atoms with Crippen molar-refractivity contribution in [3.8, 4) is 6.07 Å². The molecule has 5 rings (SSSR count). The molecule has 8 heteroatoms. The number of nitrogens with one attached hydrogen (secondary N) is 1. The van der Waals surface area contributed by atoms with Crippen LogP contribution in [0.1, 0.15) is 64.6 Å². The molecule has 0 amide bonds. The summed E-state index contributed by atoms with van der Waals surface area (Å²) in [6, 6.07) is 11.8. The largest absolute Gasteiger partial charge is 0.604 e. The maximum Gasteiger partial charge on any atom is 0.331 e. The maximum atomic E-state index is 13.7. The van der Waals surface area contributed by atoms with E-state index in [2.05, 4.69) is 39.8 Å². The lowest BCUT2D eigenvalue weighted by molar-refractivity contribution is 0.261. The Morgan fingerprint density at radius 2 is 1.85 bits per heavy atom. The van der Waals surface area contributed by atoms with E-state index in [4.69, 9.17) is 4.98 Å². The van der Waals surface area contributed by atoms with Crippen LogP contribution >= 0.6 is 0 Å². The first-order chi connectivity index (χ1) is 16.5. The number of rotatable bonds is 7. The Labute approximate surface area is 204 Å². The maximum absolute atomic E-state index is 13.7. The third-order valence-electron chi connectivity index (χ3n) is 7.59. The zero-order valence-electron chi connectivity index (χ0n) is 19.9. The first-order valence-electron chi connectivity index (χ1n) is 12.4. The van der Waals surface area contributed by atoms with E-state index in [9.17, 15) is 9.81 Å². The topological polar surface area (TPSA) is 102 Å². The molecule has 34 heavy (non-hydrogen) atoms. The van der Waals surface area contributed by atoms with Gasteiger partial charge in [-0.05, 0) is 62.5 Å². The van der Waals surface area contributed by atoms with E-state index < -0.39 is 11.2 Å². The molecular weight excluding hydrogens is 444 g/mol. The summed E-state index contributed by atoms with van der Waals surface area (Å²) in [4.78, 5) is 14.4. The summed E-state index contributed by atoms with van der Waals surface area (Å²) >= 11 is -1.46. The van der Waals surface area contributed by atoms with Crippen molar-refractivity contribution < 1.29 is 4.55 Å². The standard InChI is InChI=1S/C26H32N6OS/c1-17-11-13-19(14-12-17)16-32-23-24(28-18(2)20-7-6-8-20)29-22(15-27)30-25(23)31-26(32)34(33)21-9-4-3-5-10-21/h3-5,9-10,17-20H,6-8,11-14,16H2,1-2H3,(H,28,29,30)/t17-,18-,19-,34?/m1/s1. The molecule has 2 aliphatic rings. The molecule has 1 N–H and O–H groups in total. The Kier molecular flexibility index (Phi) is 6.75. The van der Waals surface area contributed by atoms with Crippen molar-refractivity contribution in [2.24, 2.45) is 17.8 Å². The van der Waals surface area contributed by atoms with Gasteiger partial charge in [-0.3, -0.25) is 4.57 Å². The second-order valence-electron chi connectivity index (χ2n) is 10.0. The van der Waals surface area contributed by atoms with E-state index >= 15 is 0 Å². The van der Waals surface area contributed by atoms with Crippen LogP contribution in [0.15, 0.2) is 40.4 Å². The molecule has 178 valence electrons. The van der Waals surface area contributed by atoms with E-state index in [1.807, 2.05) is 30.3 Å². The summed E-state index contributed by atoms with van der Waals surface area (Å²) in [7, 11) is 0. The van der Waals surface area contributed by atoms with Crippen LogP contribution < -0.4 is 5.32 Å². The molecule has 2 aliphatic carbocycles. The van der Waals surface area contributed by atoms with Crippen LogP contribution in [0.2, 0.25) is 0 Å². The summed E-state index contributed by atoms with van der Waals surface area (Å²) in [6.07, 6.45) is 8.40. The van der Waals surface area contributed by atoms with Gasteiger partial charge in [0, 0.05) is 12.6 Å². The van der Waals surface area contributed by atoms with Gasteiger partial charge in [-0.2, -0.15) is 20.2 Å². The molecule has 7 nitrogen and oxygen atoms in total. The second kappa shape index (κ2) is 9.93. The van der Waals surface area contributed by atoms with Gasteiger partial charge in [0.25, 0.3) is 0 Å². The summed E-state index contributed by atoms with van der Waals surface area (Å²) in [6.45, 7) is 5.23. The van der Waals surface area contributed by atoms with Crippen LogP contribution in [-0.4, -0.2) is 30.1 Å². The Bertz CT molecular complexity index is 1180. The van der Waals surface area contributed by atoms with E-state index in [0.29, 0.717) is 33.4 Å². The minimum absolute atomic E-state index is 0.0870. The van der Waals surface area contributed by atoms with Gasteiger partial charge in [-0.15, -0.1) is 0 Å². The quantitative estimate of drug-likeness (QED) is 0.465. The molecule has 0 spiro atoms. The van der Waals surface area contributed by atoms with Gasteiger partial charge < -0.3 is 9.87 Å². The molecule has 0 bridgehead atoms. The van der Waals surface area contributed by atoms with E-state index in [1.54, 1.807) is 0 Å². The van der Waals surface area contributed by atoms with Gasteiger partial charge in [-0.1, -0.05) is 44.4 Å². The zero-order valence-corrected chi connectivity index (χ0v) is 20.7. The van der Waals surface area contributed by atoms with Gasteiger partial charge >= 0.3 is 5.16 Å². The average molecular weight is 477 g/mol. The zero-order chi connectivity index (χ0) is 23.7. The highest BCUT2D eigenvalue weighted by Crippen LogP contribution is 2.35. The minimum Gasteiger partial charge on any atom is -0.604 e. The molecule has 1 aromatic carbocycles. The van der Waals surface area contributed by atoms with Crippen LogP contribution in [0.4, 0.5) is 5.82 Å². The number of benzene rings is 1. The number of nitrogens with zero attached hydrogens (tertiary/aromatic N) is 5. The second-order valence-corrected chi connectivity index (χ2v) is 11.4. The monoisotopic (exact) mass is 476 g/mol. The lowest BCUT2D eigenvalue weighted by atomic mass is 9.80. The molecule has 2 heterocycles. The van der Waals surface area contributed by atoms with Gasteiger partial charge in [-0.25, -0.2) is 0 Å². The van der Waals surface area contributed by atoms with Crippen LogP contribution in [0, 0.1) is 29.1 Å². The van der Waals surface area contributed by atoms with Crippen molar-refractivity contribution in [2.45, 2.75) is 81.4 Å². The number of aromatic nitrogens is 4. The molecule has 0 aliphatic heterocycles. The number of anilines is 1. The fraction of sp³-hybridized carbons (Fsp3) is 0.538. The minimum atomic E-state index is -1.46. The molecule has 2 fully saturated rings. The Morgan fingerprint density at radius 3 is 2.50 bits per heavy atom. The molecular formula is C26H32N6OS. The number of hydrogen-bond donors (Lipinski definition) is 1. The lowest BCUT2D eigenvalue weighted by Crippen LogP contribution is -2.31. The molecule has 0 saturated heterocycles. The number of nitriles is 1. The van der Waals surface area contributed by atoms with Gasteiger partial charge in [0.05, 0.1) is 11.2 Å². The molecule has 2 atom stereocenters. The third-order valence-corrected chi connectivity index (χ3v) is 8.93. The summed E-state index contributed by atoms with van der Waals surface area (Å²) in [5.74, 6) is 2.58. The number of hydrogen-bond acceptors (Lipinski definition) is 6. The smallest absolute Gasteiger partial charge is 0.331 e. The van der Waals surface area contributed by atoms with Crippen molar-refractivity contribution >= 4 is 28.2 Å². The predicted molar refractivity (Wildman–Crippen MR) is 133 cm³/mol. The summed E-state index contributed by atoms with van der Waals surface area (Å²) < 4.78 is 15.8. The highest BCUT2D eigenvalue weighted by Gasteiger charge is 2.31. The van der Waals surface area contributed by atoms with Crippen LogP contribution in [0.25, 0.3) is 11.2 Å². The van der Waals surface area contributed by atoms with E-state index in [1.165, 1.54) is 32.1 Å². The van der Waals surface area contributed by atoms with E-state index in [-0.39, 0.29) is 11.9 Å². The normalized spacial score (nSPS) is 22.6. The fourth-order valence-electron chi connectivity index (χ4n) is 5.17. The van der Waals surface area contributed by atoms with Crippen molar-refractivity contribution in [1.82, 2.24) is 19.5 Å². The Hall–Kier alpha value is -2.63. The van der Waals surface area contributed by atoms with Crippen molar-refractivity contribution in [3.05, 3.63) is 36.2 Å². The third kappa shape index (κ3) is 4.64. The fourth-order valence-corrected chi connectivity index (χ4v) is 6.32. The van der Waals surface area contributed by atoms with Crippen molar-refractivity contribution in [2.75, 3.05) is 5.32 Å². The van der Waals surface area contributed by atoms with Gasteiger partial charge in [0.1, 0.15) is 11.6 Å². The predicted octanol–water partition coefficient (Wildman–Crippen LogP) is 5.29. The van der Waals surface area contributed by atoms with Crippen molar-refractivity contribution in [1.29, 1.82) is 5.26 Å². The molecule has 2 aromatic heterocycles. The Morgan fingerprint density at radius 1 is 1.12 bits per heavy atom. The lowest BCUT2D eigenvalue weighted by Gasteiger charge is -2.32. The molecule has 2 saturated carbocycles. The SMILES string of the molecule is C[C@@H](Nc1nc(C#N)nc2nc([S+]([O-])c3ccccc3)n(C[C@H]3CC[C@H](C)CC3)c12)C1CCC1. The van der Waals surface area contributed by atoms with Gasteiger partial charge in [0.2, 0.25) is 5.82 Å². The first-order valence-corrected chi connectivity index (χ1v) is 13.6. The molecule has 0 radical (unpaired) electrons. The number of imidazole rings is 1. The van der Waals surface area contributed by atoms with Crippen LogP contribution in [0.5, 0.6) is 0 Å². The number of fused-ring (bicyclic) bond motifs is 1.